The zero-order chi connectivity index (χ0) is 11.8. The number of aromatic nitrogens is 2. The summed E-state index contributed by atoms with van der Waals surface area (Å²) in [4.78, 5) is 0. The number of hydrogen-bond acceptors (Lipinski definition) is 3. The van der Waals surface area contributed by atoms with Gasteiger partial charge >= 0.3 is 0 Å². The van der Waals surface area contributed by atoms with Crippen molar-refractivity contribution in [2.75, 3.05) is 5.73 Å². The number of nitrogens with two attached hydrogens (primary N) is 1. The fraction of sp³-hybridized carbons (Fsp3) is 0.462. The second-order valence-electron chi connectivity index (χ2n) is 4.81. The van der Waals surface area contributed by atoms with Crippen molar-refractivity contribution in [3.8, 4) is 5.88 Å². The molecule has 2 aliphatic carbocycles. The van der Waals surface area contributed by atoms with Gasteiger partial charge in [-0.25, -0.2) is 0 Å². The topological polar surface area (TPSA) is 53.1 Å². The lowest BCUT2D eigenvalue weighted by atomic mass is 9.91. The number of ether oxygens (including phenoxy) is 1. The van der Waals surface area contributed by atoms with Crippen LogP contribution in [0.4, 0.5) is 5.69 Å². The molecule has 90 valence electrons. The molecule has 1 saturated carbocycles. The van der Waals surface area contributed by atoms with Crippen molar-refractivity contribution in [2.24, 2.45) is 18.9 Å². The summed E-state index contributed by atoms with van der Waals surface area (Å²) in [5.41, 5.74) is 6.46. The van der Waals surface area contributed by atoms with E-state index in [0.29, 0.717) is 23.4 Å². The van der Waals surface area contributed by atoms with Gasteiger partial charge in [0.1, 0.15) is 11.8 Å². The molecule has 2 aliphatic rings. The molecule has 0 radical (unpaired) electrons. The minimum atomic E-state index is 0.207. The van der Waals surface area contributed by atoms with Gasteiger partial charge in [-0.3, -0.25) is 4.68 Å². The summed E-state index contributed by atoms with van der Waals surface area (Å²) in [6.07, 6.45) is 13.0. The monoisotopic (exact) mass is 231 g/mol. The average molecular weight is 231 g/mol. The number of aryl methyl sites for hydroxylation is 1. The number of nitrogens with zero attached hydrogens (tertiary/aromatic N) is 2. The van der Waals surface area contributed by atoms with E-state index in [2.05, 4.69) is 29.4 Å². The van der Waals surface area contributed by atoms with E-state index in [1.807, 2.05) is 7.05 Å². The average Bonchev–Trinajstić information content (AvgIpc) is 2.85. The standard InChI is InChI=1S/C13H17N3O/c1-16-8-11(14)13(15-16)17-12-7-6-9-4-2-3-5-10(9)12/h2-5,8-10,12H,6-7,14H2,1H3/t9-,10+,12-/m1/s1. The fourth-order valence-electron chi connectivity index (χ4n) is 2.77. The molecule has 0 spiro atoms. The molecule has 0 bridgehead atoms. The Morgan fingerprint density at radius 2 is 2.18 bits per heavy atom. The van der Waals surface area contributed by atoms with Crippen molar-refractivity contribution in [3.63, 3.8) is 0 Å². The molecule has 0 aliphatic heterocycles. The number of allylic oxidation sites excluding steroid dienone is 3. The van der Waals surface area contributed by atoms with Crippen molar-refractivity contribution in [3.05, 3.63) is 30.5 Å². The lowest BCUT2D eigenvalue weighted by molar-refractivity contribution is 0.165. The quantitative estimate of drug-likeness (QED) is 0.845. The van der Waals surface area contributed by atoms with E-state index < -0.39 is 0 Å². The molecule has 0 amide bonds. The molecule has 4 nitrogen and oxygen atoms in total. The number of nitrogen functional groups attached to an aromatic ring is 1. The van der Waals surface area contributed by atoms with Crippen molar-refractivity contribution < 1.29 is 4.74 Å². The molecule has 1 aromatic heterocycles. The van der Waals surface area contributed by atoms with Gasteiger partial charge in [0.25, 0.3) is 5.88 Å². The Bertz CT molecular complexity index is 475. The van der Waals surface area contributed by atoms with Crippen LogP contribution in [0.15, 0.2) is 30.5 Å². The number of fused-ring (bicyclic) bond motifs is 1. The molecule has 17 heavy (non-hydrogen) atoms. The van der Waals surface area contributed by atoms with Crippen LogP contribution in [0.2, 0.25) is 0 Å². The molecule has 3 atom stereocenters. The van der Waals surface area contributed by atoms with Gasteiger partial charge in [0.05, 0.1) is 6.20 Å². The van der Waals surface area contributed by atoms with E-state index in [1.54, 1.807) is 10.9 Å². The van der Waals surface area contributed by atoms with Gasteiger partial charge in [-0.2, -0.15) is 0 Å². The third-order valence-electron chi connectivity index (χ3n) is 3.60. The Labute approximate surface area is 101 Å². The third kappa shape index (κ3) is 1.84. The van der Waals surface area contributed by atoms with Crippen molar-refractivity contribution in [1.29, 1.82) is 0 Å². The van der Waals surface area contributed by atoms with Crippen molar-refractivity contribution in [1.82, 2.24) is 9.78 Å². The van der Waals surface area contributed by atoms with Crippen LogP contribution >= 0.6 is 0 Å². The van der Waals surface area contributed by atoms with Crippen LogP contribution in [-0.4, -0.2) is 15.9 Å². The molecule has 0 saturated heterocycles. The fourth-order valence-corrected chi connectivity index (χ4v) is 2.77. The molecule has 1 heterocycles. The van der Waals surface area contributed by atoms with Gasteiger partial charge in [-0.1, -0.05) is 24.3 Å². The van der Waals surface area contributed by atoms with Crippen LogP contribution in [-0.2, 0) is 7.05 Å². The zero-order valence-electron chi connectivity index (χ0n) is 9.91. The highest BCUT2D eigenvalue weighted by Crippen LogP contribution is 2.38. The summed E-state index contributed by atoms with van der Waals surface area (Å²) in [6.45, 7) is 0. The van der Waals surface area contributed by atoms with E-state index in [1.165, 1.54) is 6.42 Å². The summed E-state index contributed by atoms with van der Waals surface area (Å²) in [5, 5.41) is 4.24. The van der Waals surface area contributed by atoms with Gasteiger partial charge in [-0.15, -0.1) is 5.10 Å². The van der Waals surface area contributed by atoms with Crippen LogP contribution in [0.25, 0.3) is 0 Å². The molecule has 0 unspecified atom stereocenters. The predicted octanol–water partition coefficient (Wildman–Crippen LogP) is 1.90. The smallest absolute Gasteiger partial charge is 0.256 e. The lowest BCUT2D eigenvalue weighted by Crippen LogP contribution is -2.24. The maximum Gasteiger partial charge on any atom is 0.256 e. The maximum atomic E-state index is 5.95. The van der Waals surface area contributed by atoms with Gasteiger partial charge in [0, 0.05) is 13.0 Å². The molecule has 4 heteroatoms. The Hall–Kier alpha value is -1.71. The third-order valence-corrected chi connectivity index (χ3v) is 3.60. The van der Waals surface area contributed by atoms with Crippen molar-refractivity contribution in [2.45, 2.75) is 18.9 Å². The largest absolute Gasteiger partial charge is 0.471 e. The van der Waals surface area contributed by atoms with E-state index in [9.17, 15) is 0 Å². The van der Waals surface area contributed by atoms with Crippen LogP contribution in [0.5, 0.6) is 5.88 Å². The Morgan fingerprint density at radius 3 is 2.94 bits per heavy atom. The highest BCUT2D eigenvalue weighted by Gasteiger charge is 2.35. The van der Waals surface area contributed by atoms with Crippen LogP contribution in [0, 0.1) is 11.8 Å². The van der Waals surface area contributed by atoms with Crippen LogP contribution in [0.1, 0.15) is 12.8 Å². The summed E-state index contributed by atoms with van der Waals surface area (Å²) in [6, 6.07) is 0. The minimum Gasteiger partial charge on any atom is -0.471 e. The van der Waals surface area contributed by atoms with Gasteiger partial charge in [-0.05, 0) is 18.8 Å². The molecule has 1 aromatic rings. The first-order valence-corrected chi connectivity index (χ1v) is 6.05. The summed E-state index contributed by atoms with van der Waals surface area (Å²) < 4.78 is 7.64. The molecule has 3 rings (SSSR count). The summed E-state index contributed by atoms with van der Waals surface area (Å²) in [5.74, 6) is 1.66. The molecule has 1 fully saturated rings. The number of hydrogen-bond donors (Lipinski definition) is 1. The second-order valence-corrected chi connectivity index (χ2v) is 4.81. The van der Waals surface area contributed by atoms with Gasteiger partial charge in [0.2, 0.25) is 0 Å². The highest BCUT2D eigenvalue weighted by atomic mass is 16.5. The molecule has 0 aromatic carbocycles. The first kappa shape index (κ1) is 10.4. The Balaban J connectivity index is 1.76. The SMILES string of the molecule is Cn1cc(N)c(O[C@@H]2CC[C@H]3C=CC=C[C@@H]32)n1. The van der Waals surface area contributed by atoms with Gasteiger partial charge < -0.3 is 10.5 Å². The number of anilines is 1. The van der Waals surface area contributed by atoms with E-state index in [4.69, 9.17) is 10.5 Å². The van der Waals surface area contributed by atoms with Crippen LogP contribution in [0.3, 0.4) is 0 Å². The highest BCUT2D eigenvalue weighted by molar-refractivity contribution is 5.46. The first-order valence-electron chi connectivity index (χ1n) is 6.05. The Kier molecular flexibility index (Phi) is 2.42. The summed E-state index contributed by atoms with van der Waals surface area (Å²) >= 11 is 0. The predicted molar refractivity (Wildman–Crippen MR) is 66.5 cm³/mol. The van der Waals surface area contributed by atoms with Crippen molar-refractivity contribution >= 4 is 5.69 Å². The first-order chi connectivity index (χ1) is 8.24. The lowest BCUT2D eigenvalue weighted by Gasteiger charge is -2.21. The van der Waals surface area contributed by atoms with Gasteiger partial charge in [0.15, 0.2) is 0 Å². The zero-order valence-corrected chi connectivity index (χ0v) is 9.91. The Morgan fingerprint density at radius 1 is 1.35 bits per heavy atom. The van der Waals surface area contributed by atoms with E-state index >= 15 is 0 Å². The second kappa shape index (κ2) is 3.95. The number of rotatable bonds is 2. The molecular formula is C13H17N3O. The molecule has 2 N–H and O–H groups in total. The normalized spacial score (nSPS) is 30.5. The summed E-state index contributed by atoms with van der Waals surface area (Å²) in [7, 11) is 1.85. The van der Waals surface area contributed by atoms with E-state index in [-0.39, 0.29) is 6.10 Å². The van der Waals surface area contributed by atoms with Crippen LogP contribution < -0.4 is 10.5 Å². The minimum absolute atomic E-state index is 0.207. The molecular weight excluding hydrogens is 214 g/mol. The van der Waals surface area contributed by atoms with E-state index in [0.717, 1.165) is 6.42 Å². The maximum absolute atomic E-state index is 5.95.